The first-order valence-electron chi connectivity index (χ1n) is 7.84. The van der Waals surface area contributed by atoms with E-state index >= 15 is 0 Å². The molecular formula is C19H18BrN3O2. The van der Waals surface area contributed by atoms with Crippen molar-refractivity contribution in [3.8, 4) is 11.5 Å². The van der Waals surface area contributed by atoms with E-state index in [9.17, 15) is 4.79 Å². The average molecular weight is 400 g/mol. The Labute approximate surface area is 154 Å². The number of amides is 1. The summed E-state index contributed by atoms with van der Waals surface area (Å²) in [5, 5.41) is 10.5. The van der Waals surface area contributed by atoms with Gasteiger partial charge in [0.25, 0.3) is 5.91 Å². The molecule has 0 saturated heterocycles. The summed E-state index contributed by atoms with van der Waals surface area (Å²) in [5.41, 5.74) is 2.53. The summed E-state index contributed by atoms with van der Waals surface area (Å²) < 4.78 is 6.47. The van der Waals surface area contributed by atoms with Gasteiger partial charge in [-0.3, -0.25) is 10.1 Å². The molecule has 128 valence electrons. The zero-order chi connectivity index (χ0) is 18.0. The van der Waals surface area contributed by atoms with Crippen LogP contribution in [0.3, 0.4) is 0 Å². The highest BCUT2D eigenvalue weighted by atomic mass is 79.9. The second-order valence-electron chi connectivity index (χ2n) is 6.70. The molecule has 0 bridgehead atoms. The highest BCUT2D eigenvalue weighted by Crippen LogP contribution is 2.24. The van der Waals surface area contributed by atoms with Gasteiger partial charge in [-0.15, -0.1) is 5.10 Å². The lowest BCUT2D eigenvalue weighted by Crippen LogP contribution is -2.14. The molecule has 3 aromatic rings. The fourth-order valence-corrected chi connectivity index (χ4v) is 2.54. The van der Waals surface area contributed by atoms with Gasteiger partial charge >= 0.3 is 6.01 Å². The molecule has 0 aliphatic rings. The third kappa shape index (κ3) is 4.14. The molecule has 0 atom stereocenters. The maximum absolute atomic E-state index is 12.3. The van der Waals surface area contributed by atoms with E-state index in [-0.39, 0.29) is 17.3 Å². The molecule has 0 unspecified atom stereocenters. The molecule has 0 aliphatic carbocycles. The van der Waals surface area contributed by atoms with Crippen molar-refractivity contribution < 1.29 is 9.21 Å². The first kappa shape index (κ1) is 17.4. The van der Waals surface area contributed by atoms with E-state index in [0.29, 0.717) is 11.5 Å². The lowest BCUT2D eigenvalue weighted by atomic mass is 9.87. The topological polar surface area (TPSA) is 68.0 Å². The first-order chi connectivity index (χ1) is 11.8. The van der Waals surface area contributed by atoms with Crippen molar-refractivity contribution in [2.75, 3.05) is 5.32 Å². The normalized spacial score (nSPS) is 11.4. The number of rotatable bonds is 3. The van der Waals surface area contributed by atoms with Crippen LogP contribution in [0.5, 0.6) is 0 Å². The fourth-order valence-electron chi connectivity index (χ4n) is 2.27. The van der Waals surface area contributed by atoms with Crippen LogP contribution in [-0.2, 0) is 5.41 Å². The number of anilines is 1. The molecule has 1 N–H and O–H groups in total. The molecule has 0 fully saturated rings. The van der Waals surface area contributed by atoms with Crippen LogP contribution in [0.25, 0.3) is 11.5 Å². The average Bonchev–Trinajstić information content (AvgIpc) is 3.03. The van der Waals surface area contributed by atoms with E-state index in [1.807, 2.05) is 36.4 Å². The standard InChI is InChI=1S/C19H18BrN3O2/c1-19(2,3)14-8-4-12(5-9-14)16(24)21-18-23-22-17(25-18)13-6-10-15(20)11-7-13/h4-11H,1-3H3,(H,21,23,24). The zero-order valence-corrected chi connectivity index (χ0v) is 15.8. The van der Waals surface area contributed by atoms with Crippen LogP contribution in [0.4, 0.5) is 6.01 Å². The lowest BCUT2D eigenvalue weighted by Gasteiger charge is -2.18. The van der Waals surface area contributed by atoms with Gasteiger partial charge in [-0.05, 0) is 47.4 Å². The van der Waals surface area contributed by atoms with Gasteiger partial charge in [0.05, 0.1) is 0 Å². The summed E-state index contributed by atoms with van der Waals surface area (Å²) >= 11 is 3.38. The maximum Gasteiger partial charge on any atom is 0.322 e. The third-order valence-corrected chi connectivity index (χ3v) is 4.28. The van der Waals surface area contributed by atoms with E-state index in [0.717, 1.165) is 10.0 Å². The summed E-state index contributed by atoms with van der Waals surface area (Å²) in [7, 11) is 0. The Kier molecular flexibility index (Phi) is 4.72. The number of aromatic nitrogens is 2. The van der Waals surface area contributed by atoms with Crippen molar-refractivity contribution in [2.45, 2.75) is 26.2 Å². The summed E-state index contributed by atoms with van der Waals surface area (Å²) in [4.78, 5) is 12.3. The highest BCUT2D eigenvalue weighted by molar-refractivity contribution is 9.10. The van der Waals surface area contributed by atoms with Crippen molar-refractivity contribution >= 4 is 27.9 Å². The largest absolute Gasteiger partial charge is 0.403 e. The quantitative estimate of drug-likeness (QED) is 0.668. The van der Waals surface area contributed by atoms with Crippen LogP contribution in [0.2, 0.25) is 0 Å². The molecule has 5 nitrogen and oxygen atoms in total. The van der Waals surface area contributed by atoms with Gasteiger partial charge in [-0.25, -0.2) is 0 Å². The van der Waals surface area contributed by atoms with Crippen molar-refractivity contribution in [2.24, 2.45) is 0 Å². The Bertz CT molecular complexity index is 878. The summed E-state index contributed by atoms with van der Waals surface area (Å²) in [6, 6.07) is 15.0. The second-order valence-corrected chi connectivity index (χ2v) is 7.62. The Hall–Kier alpha value is -2.47. The molecule has 3 rings (SSSR count). The van der Waals surface area contributed by atoms with Gasteiger partial charge in [-0.2, -0.15) is 0 Å². The van der Waals surface area contributed by atoms with Crippen molar-refractivity contribution in [3.05, 3.63) is 64.1 Å². The molecule has 2 aromatic carbocycles. The fraction of sp³-hybridized carbons (Fsp3) is 0.211. The van der Waals surface area contributed by atoms with Crippen LogP contribution in [-0.4, -0.2) is 16.1 Å². The summed E-state index contributed by atoms with van der Waals surface area (Å²) in [5.74, 6) is 0.0670. The predicted molar refractivity (Wildman–Crippen MR) is 101 cm³/mol. The number of hydrogen-bond donors (Lipinski definition) is 1. The summed E-state index contributed by atoms with van der Waals surface area (Å²) in [6.07, 6.45) is 0. The molecule has 0 radical (unpaired) electrons. The van der Waals surface area contributed by atoms with E-state index in [1.54, 1.807) is 12.1 Å². The second kappa shape index (κ2) is 6.80. The monoisotopic (exact) mass is 399 g/mol. The van der Waals surface area contributed by atoms with E-state index < -0.39 is 0 Å². The van der Waals surface area contributed by atoms with Gasteiger partial charge in [0.1, 0.15) is 0 Å². The lowest BCUT2D eigenvalue weighted by molar-refractivity contribution is 0.102. The van der Waals surface area contributed by atoms with Gasteiger partial charge < -0.3 is 4.42 Å². The number of carbonyl (C=O) groups is 1. The van der Waals surface area contributed by atoms with Crippen molar-refractivity contribution in [1.82, 2.24) is 10.2 Å². The van der Waals surface area contributed by atoms with E-state index in [2.05, 4.69) is 52.2 Å². The Morgan fingerprint density at radius 3 is 2.24 bits per heavy atom. The minimum atomic E-state index is -0.286. The van der Waals surface area contributed by atoms with Crippen LogP contribution in [0.15, 0.2) is 57.4 Å². The number of hydrogen-bond acceptors (Lipinski definition) is 4. The SMILES string of the molecule is CC(C)(C)c1ccc(C(=O)Nc2nnc(-c3ccc(Br)cc3)o2)cc1. The van der Waals surface area contributed by atoms with E-state index in [1.165, 1.54) is 5.56 Å². The molecule has 1 amide bonds. The third-order valence-electron chi connectivity index (χ3n) is 3.75. The first-order valence-corrected chi connectivity index (χ1v) is 8.63. The number of halogens is 1. The van der Waals surface area contributed by atoms with Crippen LogP contribution in [0, 0.1) is 0 Å². The zero-order valence-electron chi connectivity index (χ0n) is 14.2. The van der Waals surface area contributed by atoms with Gasteiger partial charge in [-0.1, -0.05) is 53.9 Å². The van der Waals surface area contributed by atoms with Gasteiger partial charge in [0.15, 0.2) is 0 Å². The number of benzene rings is 2. The molecular weight excluding hydrogens is 382 g/mol. The number of nitrogens with zero attached hydrogens (tertiary/aromatic N) is 2. The Morgan fingerprint density at radius 1 is 1.00 bits per heavy atom. The molecule has 25 heavy (non-hydrogen) atoms. The summed E-state index contributed by atoms with van der Waals surface area (Å²) in [6.45, 7) is 6.39. The minimum absolute atomic E-state index is 0.0427. The number of nitrogens with one attached hydrogen (secondary N) is 1. The maximum atomic E-state index is 12.3. The van der Waals surface area contributed by atoms with E-state index in [4.69, 9.17) is 4.42 Å². The smallest absolute Gasteiger partial charge is 0.322 e. The van der Waals surface area contributed by atoms with Crippen molar-refractivity contribution in [1.29, 1.82) is 0 Å². The molecule has 1 aromatic heterocycles. The van der Waals surface area contributed by atoms with Crippen LogP contribution >= 0.6 is 15.9 Å². The molecule has 0 spiro atoms. The predicted octanol–water partition coefficient (Wildman–Crippen LogP) is 5.05. The molecule has 1 heterocycles. The van der Waals surface area contributed by atoms with Gasteiger partial charge in [0, 0.05) is 15.6 Å². The van der Waals surface area contributed by atoms with Crippen molar-refractivity contribution in [3.63, 3.8) is 0 Å². The highest BCUT2D eigenvalue weighted by Gasteiger charge is 2.16. The molecule has 6 heteroatoms. The Balaban J connectivity index is 1.72. The molecule has 0 saturated carbocycles. The van der Waals surface area contributed by atoms with Crippen LogP contribution in [0.1, 0.15) is 36.7 Å². The molecule has 0 aliphatic heterocycles. The Morgan fingerprint density at radius 2 is 1.64 bits per heavy atom. The number of carbonyl (C=O) groups excluding carboxylic acids is 1. The van der Waals surface area contributed by atoms with Crippen LogP contribution < -0.4 is 5.32 Å². The van der Waals surface area contributed by atoms with Gasteiger partial charge in [0.2, 0.25) is 5.89 Å². The minimum Gasteiger partial charge on any atom is -0.403 e.